The number of carbonyl (C=O) groups is 1. The molecule has 0 spiro atoms. The van der Waals surface area contributed by atoms with Gasteiger partial charge in [-0.3, -0.25) is 10.1 Å². The zero-order valence-corrected chi connectivity index (χ0v) is 17.8. The summed E-state index contributed by atoms with van der Waals surface area (Å²) in [5.74, 6) is 0.250. The molecule has 0 unspecified atom stereocenters. The Hall–Kier alpha value is -3.03. The molecule has 0 saturated heterocycles. The van der Waals surface area contributed by atoms with Crippen LogP contribution in [0.3, 0.4) is 0 Å². The van der Waals surface area contributed by atoms with E-state index in [-0.39, 0.29) is 11.0 Å². The molecule has 4 aromatic rings. The number of aryl methyl sites for hydroxylation is 1. The maximum Gasteiger partial charge on any atom is 0.257 e. The number of anilines is 1. The van der Waals surface area contributed by atoms with Gasteiger partial charge in [0.25, 0.3) is 5.91 Å². The maximum absolute atomic E-state index is 12.3. The lowest BCUT2D eigenvalue weighted by Gasteiger charge is -2.10. The van der Waals surface area contributed by atoms with E-state index in [1.807, 2.05) is 49.4 Å². The van der Waals surface area contributed by atoms with Crippen LogP contribution >= 0.6 is 28.1 Å². The number of oxazole rings is 1. The molecule has 0 radical (unpaired) electrons. The minimum Gasteiger partial charge on any atom is -0.436 e. The van der Waals surface area contributed by atoms with Crippen molar-refractivity contribution in [3.8, 4) is 11.5 Å². The Morgan fingerprint density at radius 3 is 2.66 bits per heavy atom. The molecule has 0 saturated carbocycles. The number of nitrogens with zero attached hydrogens (tertiary/aromatic N) is 1. The van der Waals surface area contributed by atoms with Crippen molar-refractivity contribution in [1.82, 2.24) is 10.3 Å². The topological polar surface area (TPSA) is 67.2 Å². The number of benzene rings is 3. The van der Waals surface area contributed by atoms with Gasteiger partial charge < -0.3 is 9.73 Å². The average molecular weight is 466 g/mol. The van der Waals surface area contributed by atoms with Gasteiger partial charge in [-0.1, -0.05) is 28.1 Å². The van der Waals surface area contributed by atoms with Crippen LogP contribution in [0, 0.1) is 6.92 Å². The molecule has 1 amide bonds. The van der Waals surface area contributed by atoms with Crippen LogP contribution in [0.2, 0.25) is 0 Å². The van der Waals surface area contributed by atoms with Gasteiger partial charge in [0.1, 0.15) is 5.52 Å². The molecule has 3 aromatic carbocycles. The first-order valence-corrected chi connectivity index (χ1v) is 10.0. The van der Waals surface area contributed by atoms with E-state index in [0.717, 1.165) is 32.4 Å². The number of amides is 1. The van der Waals surface area contributed by atoms with Crippen LogP contribution in [0.1, 0.15) is 15.9 Å². The van der Waals surface area contributed by atoms with E-state index < -0.39 is 0 Å². The van der Waals surface area contributed by atoms with E-state index >= 15 is 0 Å². The SMILES string of the molecule is Cc1ccc2oc(-c3cccc(NC(=S)NC(=O)c4ccc(Br)cc4)c3)nc2c1. The molecule has 1 aromatic heterocycles. The number of hydrogen-bond acceptors (Lipinski definition) is 4. The second kappa shape index (κ2) is 8.14. The number of fused-ring (bicyclic) bond motifs is 1. The van der Waals surface area contributed by atoms with Crippen molar-refractivity contribution < 1.29 is 9.21 Å². The van der Waals surface area contributed by atoms with Crippen LogP contribution in [0.25, 0.3) is 22.6 Å². The van der Waals surface area contributed by atoms with Crippen molar-refractivity contribution in [3.63, 3.8) is 0 Å². The minimum atomic E-state index is -0.277. The normalized spacial score (nSPS) is 10.7. The highest BCUT2D eigenvalue weighted by atomic mass is 79.9. The zero-order valence-electron chi connectivity index (χ0n) is 15.4. The van der Waals surface area contributed by atoms with Crippen molar-refractivity contribution in [1.29, 1.82) is 0 Å². The van der Waals surface area contributed by atoms with Crippen LogP contribution in [-0.4, -0.2) is 16.0 Å². The molecule has 0 fully saturated rings. The summed E-state index contributed by atoms with van der Waals surface area (Å²) in [6.07, 6.45) is 0. The molecule has 0 aliphatic heterocycles. The van der Waals surface area contributed by atoms with Crippen molar-refractivity contribution in [2.75, 3.05) is 5.32 Å². The third kappa shape index (κ3) is 4.52. The number of rotatable bonds is 3. The third-order valence-electron chi connectivity index (χ3n) is 4.24. The first kappa shape index (κ1) is 19.3. The molecular formula is C22H16BrN3O2S. The predicted molar refractivity (Wildman–Crippen MR) is 122 cm³/mol. The van der Waals surface area contributed by atoms with Gasteiger partial charge in [0.05, 0.1) is 0 Å². The summed E-state index contributed by atoms with van der Waals surface area (Å²) < 4.78 is 6.76. The highest BCUT2D eigenvalue weighted by Crippen LogP contribution is 2.26. The Labute approximate surface area is 181 Å². The van der Waals surface area contributed by atoms with Crippen LogP contribution < -0.4 is 10.6 Å². The van der Waals surface area contributed by atoms with E-state index in [1.54, 1.807) is 24.3 Å². The maximum atomic E-state index is 12.3. The first-order chi connectivity index (χ1) is 14.0. The molecular weight excluding hydrogens is 450 g/mol. The van der Waals surface area contributed by atoms with Crippen LogP contribution in [0.4, 0.5) is 5.69 Å². The number of halogens is 1. The van der Waals surface area contributed by atoms with Gasteiger partial charge in [0, 0.05) is 21.3 Å². The molecule has 29 heavy (non-hydrogen) atoms. The third-order valence-corrected chi connectivity index (χ3v) is 4.98. The summed E-state index contributed by atoms with van der Waals surface area (Å²) in [5.41, 5.74) is 4.73. The highest BCUT2D eigenvalue weighted by molar-refractivity contribution is 9.10. The van der Waals surface area contributed by atoms with Crippen LogP contribution in [0.15, 0.2) is 75.6 Å². The minimum absolute atomic E-state index is 0.211. The average Bonchev–Trinajstić information content (AvgIpc) is 3.12. The summed E-state index contributed by atoms with van der Waals surface area (Å²) in [5, 5.41) is 5.92. The second-order valence-electron chi connectivity index (χ2n) is 6.49. The van der Waals surface area contributed by atoms with Crippen molar-refractivity contribution in [2.45, 2.75) is 6.92 Å². The summed E-state index contributed by atoms with van der Waals surface area (Å²) in [4.78, 5) is 16.9. The fourth-order valence-corrected chi connectivity index (χ4v) is 3.30. The van der Waals surface area contributed by atoms with Gasteiger partial charge in [0.2, 0.25) is 5.89 Å². The molecule has 0 bridgehead atoms. The van der Waals surface area contributed by atoms with Crippen molar-refractivity contribution in [2.24, 2.45) is 0 Å². The van der Waals surface area contributed by atoms with E-state index in [1.165, 1.54) is 0 Å². The van der Waals surface area contributed by atoms with Gasteiger partial charge >= 0.3 is 0 Å². The summed E-state index contributed by atoms with van der Waals surface area (Å²) in [6, 6.07) is 20.4. The van der Waals surface area contributed by atoms with Crippen LogP contribution in [-0.2, 0) is 0 Å². The summed E-state index contributed by atoms with van der Waals surface area (Å²) in [6.45, 7) is 2.02. The number of aromatic nitrogens is 1. The lowest BCUT2D eigenvalue weighted by atomic mass is 10.2. The van der Waals surface area contributed by atoms with Gasteiger partial charge in [-0.05, 0) is 79.3 Å². The largest absolute Gasteiger partial charge is 0.436 e. The van der Waals surface area contributed by atoms with Crippen molar-refractivity contribution >= 4 is 56.0 Å². The lowest BCUT2D eigenvalue weighted by molar-refractivity contribution is 0.0977. The molecule has 0 aliphatic rings. The van der Waals surface area contributed by atoms with Gasteiger partial charge in [-0.2, -0.15) is 0 Å². The highest BCUT2D eigenvalue weighted by Gasteiger charge is 2.11. The zero-order chi connectivity index (χ0) is 20.4. The number of hydrogen-bond donors (Lipinski definition) is 2. The Morgan fingerprint density at radius 1 is 1.07 bits per heavy atom. The summed E-state index contributed by atoms with van der Waals surface area (Å²) >= 11 is 8.62. The molecule has 0 aliphatic carbocycles. The molecule has 4 rings (SSSR count). The number of nitrogens with one attached hydrogen (secondary N) is 2. The van der Waals surface area contributed by atoms with E-state index in [9.17, 15) is 4.79 Å². The summed E-state index contributed by atoms with van der Waals surface area (Å²) in [7, 11) is 0. The standard InChI is InChI=1S/C22H16BrN3O2S/c1-13-5-10-19-18(11-13)25-21(28-19)15-3-2-4-17(12-15)24-22(29)26-20(27)14-6-8-16(23)9-7-14/h2-12H,1H3,(H2,24,26,27,29). The Bertz CT molecular complexity index is 1220. The van der Waals surface area contributed by atoms with Crippen molar-refractivity contribution in [3.05, 3.63) is 82.3 Å². The number of carbonyl (C=O) groups excluding carboxylic acids is 1. The second-order valence-corrected chi connectivity index (χ2v) is 7.81. The first-order valence-electron chi connectivity index (χ1n) is 8.83. The fourth-order valence-electron chi connectivity index (χ4n) is 2.83. The molecule has 2 N–H and O–H groups in total. The van der Waals surface area contributed by atoms with E-state index in [0.29, 0.717) is 11.5 Å². The van der Waals surface area contributed by atoms with E-state index in [4.69, 9.17) is 16.6 Å². The monoisotopic (exact) mass is 465 g/mol. The fraction of sp³-hybridized carbons (Fsp3) is 0.0455. The molecule has 0 atom stereocenters. The molecule has 5 nitrogen and oxygen atoms in total. The quantitative estimate of drug-likeness (QED) is 0.380. The molecule has 7 heteroatoms. The lowest BCUT2D eigenvalue weighted by Crippen LogP contribution is -2.34. The van der Waals surface area contributed by atoms with Crippen LogP contribution in [0.5, 0.6) is 0 Å². The molecule has 1 heterocycles. The van der Waals surface area contributed by atoms with E-state index in [2.05, 4.69) is 31.5 Å². The Kier molecular flexibility index (Phi) is 5.42. The Balaban J connectivity index is 1.48. The Morgan fingerprint density at radius 2 is 1.86 bits per heavy atom. The predicted octanol–water partition coefficient (Wildman–Crippen LogP) is 5.69. The smallest absolute Gasteiger partial charge is 0.257 e. The molecule has 144 valence electrons. The number of thiocarbonyl (C=S) groups is 1. The van der Waals surface area contributed by atoms with Gasteiger partial charge in [-0.25, -0.2) is 4.98 Å². The van der Waals surface area contributed by atoms with Gasteiger partial charge in [-0.15, -0.1) is 0 Å². The van der Waals surface area contributed by atoms with Gasteiger partial charge in [0.15, 0.2) is 10.7 Å².